The molecule has 0 aliphatic carbocycles. The van der Waals surface area contributed by atoms with E-state index in [2.05, 4.69) is 4.98 Å². The van der Waals surface area contributed by atoms with Crippen LogP contribution < -0.4 is 4.74 Å². The average Bonchev–Trinajstić information content (AvgIpc) is 3.44. The van der Waals surface area contributed by atoms with Gasteiger partial charge in [0.2, 0.25) is 0 Å². The van der Waals surface area contributed by atoms with Gasteiger partial charge in [-0.3, -0.25) is 14.6 Å². The standard InChI is InChI=1S/C25H22N2O5/c1-14-3-5-20(31-14)22-21(23(28)17-4-6-19-18(12-17)11-15(2)32-19)24(29)25(30)27(22)13-16-7-9-26-10-8-16/h3-10,12,15,22,28H,11,13H2,1-2H3/t15-,22+/m1/s1. The molecule has 5 rings (SSSR count). The van der Waals surface area contributed by atoms with E-state index in [4.69, 9.17) is 9.15 Å². The van der Waals surface area contributed by atoms with Crippen LogP contribution in [0.15, 0.2) is 64.8 Å². The van der Waals surface area contributed by atoms with Crippen molar-refractivity contribution >= 4 is 17.4 Å². The van der Waals surface area contributed by atoms with E-state index in [0.717, 1.165) is 16.9 Å². The molecular formula is C25H22N2O5. The van der Waals surface area contributed by atoms with Gasteiger partial charge in [-0.2, -0.15) is 0 Å². The number of aryl methyl sites for hydroxylation is 1. The van der Waals surface area contributed by atoms with E-state index in [1.165, 1.54) is 4.90 Å². The Kier molecular flexibility index (Phi) is 4.81. The van der Waals surface area contributed by atoms with Crippen LogP contribution in [0, 0.1) is 6.92 Å². The van der Waals surface area contributed by atoms with Gasteiger partial charge in [0.05, 0.1) is 5.57 Å². The van der Waals surface area contributed by atoms with Gasteiger partial charge in [-0.15, -0.1) is 0 Å². The first kappa shape index (κ1) is 20.1. The summed E-state index contributed by atoms with van der Waals surface area (Å²) >= 11 is 0. The summed E-state index contributed by atoms with van der Waals surface area (Å²) in [6, 6.07) is 11.5. The summed E-state index contributed by atoms with van der Waals surface area (Å²) < 4.78 is 11.5. The van der Waals surface area contributed by atoms with E-state index < -0.39 is 17.7 Å². The van der Waals surface area contributed by atoms with Crippen LogP contribution in [0.1, 0.15) is 41.2 Å². The Labute approximate surface area is 184 Å². The van der Waals surface area contributed by atoms with Crippen molar-refractivity contribution in [3.05, 3.63) is 88.6 Å². The number of carbonyl (C=O) groups excluding carboxylic acids is 2. The van der Waals surface area contributed by atoms with Gasteiger partial charge in [-0.25, -0.2) is 0 Å². The van der Waals surface area contributed by atoms with Crippen molar-refractivity contribution in [2.45, 2.75) is 39.0 Å². The first-order chi connectivity index (χ1) is 15.4. The Morgan fingerprint density at radius 2 is 1.94 bits per heavy atom. The summed E-state index contributed by atoms with van der Waals surface area (Å²) in [6.45, 7) is 3.95. The Hall–Kier alpha value is -3.87. The number of ether oxygens (including phenoxy) is 1. The zero-order valence-electron chi connectivity index (χ0n) is 17.7. The minimum Gasteiger partial charge on any atom is -0.507 e. The number of Topliss-reactive ketones (excluding diaryl/α,β-unsaturated/α-hetero) is 1. The fourth-order valence-corrected chi connectivity index (χ4v) is 4.35. The first-order valence-corrected chi connectivity index (χ1v) is 10.5. The van der Waals surface area contributed by atoms with Gasteiger partial charge in [0.1, 0.15) is 35.2 Å². The second kappa shape index (κ2) is 7.67. The Bertz CT molecular complexity index is 1240. The van der Waals surface area contributed by atoms with Crippen LogP contribution >= 0.6 is 0 Å². The molecule has 2 aliphatic heterocycles. The lowest BCUT2D eigenvalue weighted by Gasteiger charge is -2.23. The van der Waals surface area contributed by atoms with Gasteiger partial charge in [-0.05, 0) is 67.4 Å². The molecule has 2 atom stereocenters. The molecule has 7 heteroatoms. The predicted octanol–water partition coefficient (Wildman–Crippen LogP) is 3.93. The highest BCUT2D eigenvalue weighted by Crippen LogP contribution is 2.41. The average molecular weight is 430 g/mol. The van der Waals surface area contributed by atoms with Gasteiger partial charge in [-0.1, -0.05) is 0 Å². The lowest BCUT2D eigenvalue weighted by molar-refractivity contribution is -0.140. The third kappa shape index (κ3) is 3.36. The number of benzene rings is 1. The second-order valence-electron chi connectivity index (χ2n) is 8.19. The smallest absolute Gasteiger partial charge is 0.296 e. The number of furan rings is 1. The molecule has 0 spiro atoms. The summed E-state index contributed by atoms with van der Waals surface area (Å²) in [7, 11) is 0. The maximum atomic E-state index is 13.1. The van der Waals surface area contributed by atoms with E-state index >= 15 is 0 Å². The topological polar surface area (TPSA) is 92.9 Å². The number of aliphatic hydroxyl groups excluding tert-OH is 1. The summed E-state index contributed by atoms with van der Waals surface area (Å²) in [5.74, 6) is 0.210. The lowest BCUT2D eigenvalue weighted by Crippen LogP contribution is -2.29. The molecule has 4 heterocycles. The maximum absolute atomic E-state index is 13.1. The molecule has 1 fully saturated rings. The monoisotopic (exact) mass is 430 g/mol. The molecule has 3 aromatic rings. The number of fused-ring (bicyclic) bond motifs is 1. The van der Waals surface area contributed by atoms with Crippen molar-refractivity contribution in [2.75, 3.05) is 0 Å². The SMILES string of the molecule is Cc1ccc([C@H]2C(=C(O)c3ccc4c(c3)C[C@@H](C)O4)C(=O)C(=O)N2Cc2ccncc2)o1. The Morgan fingerprint density at radius 3 is 2.66 bits per heavy atom. The van der Waals surface area contributed by atoms with Crippen molar-refractivity contribution in [3.63, 3.8) is 0 Å². The van der Waals surface area contributed by atoms with Gasteiger partial charge >= 0.3 is 0 Å². The van der Waals surface area contributed by atoms with Crippen molar-refractivity contribution < 1.29 is 23.8 Å². The third-order valence-corrected chi connectivity index (χ3v) is 5.84. The number of hydrogen-bond donors (Lipinski definition) is 1. The molecule has 162 valence electrons. The molecule has 0 saturated carbocycles. The van der Waals surface area contributed by atoms with E-state index in [9.17, 15) is 14.7 Å². The largest absolute Gasteiger partial charge is 0.507 e. The molecule has 1 N–H and O–H groups in total. The summed E-state index contributed by atoms with van der Waals surface area (Å²) in [4.78, 5) is 31.6. The molecule has 0 bridgehead atoms. The van der Waals surface area contributed by atoms with Crippen LogP contribution in [-0.4, -0.2) is 32.8 Å². The quantitative estimate of drug-likeness (QED) is 0.383. The molecule has 1 amide bonds. The predicted molar refractivity (Wildman–Crippen MR) is 116 cm³/mol. The van der Waals surface area contributed by atoms with E-state index in [1.807, 2.05) is 13.0 Å². The number of amides is 1. The van der Waals surface area contributed by atoms with Crippen LogP contribution in [-0.2, 0) is 22.6 Å². The maximum Gasteiger partial charge on any atom is 0.296 e. The Morgan fingerprint density at radius 1 is 1.16 bits per heavy atom. The number of carbonyl (C=O) groups is 2. The van der Waals surface area contributed by atoms with E-state index in [1.54, 1.807) is 55.7 Å². The van der Waals surface area contributed by atoms with Crippen LogP contribution in [0.4, 0.5) is 0 Å². The van der Waals surface area contributed by atoms with Crippen molar-refractivity contribution in [1.29, 1.82) is 0 Å². The zero-order valence-corrected chi connectivity index (χ0v) is 17.7. The summed E-state index contributed by atoms with van der Waals surface area (Å²) in [5, 5.41) is 11.2. The highest BCUT2D eigenvalue weighted by atomic mass is 16.5. The van der Waals surface area contributed by atoms with Gasteiger partial charge in [0, 0.05) is 30.9 Å². The molecule has 32 heavy (non-hydrogen) atoms. The van der Waals surface area contributed by atoms with Crippen molar-refractivity contribution in [3.8, 4) is 5.75 Å². The van der Waals surface area contributed by atoms with Gasteiger partial charge in [0.15, 0.2) is 0 Å². The number of aromatic nitrogens is 1. The molecule has 2 aromatic heterocycles. The minimum atomic E-state index is -0.833. The molecule has 7 nitrogen and oxygen atoms in total. The van der Waals surface area contributed by atoms with E-state index in [0.29, 0.717) is 23.5 Å². The van der Waals surface area contributed by atoms with Gasteiger partial charge in [0.25, 0.3) is 11.7 Å². The molecule has 1 saturated heterocycles. The van der Waals surface area contributed by atoms with Crippen LogP contribution in [0.3, 0.4) is 0 Å². The number of nitrogens with zero attached hydrogens (tertiary/aromatic N) is 2. The second-order valence-corrected chi connectivity index (χ2v) is 8.19. The summed E-state index contributed by atoms with van der Waals surface area (Å²) in [5.41, 5.74) is 2.26. The fraction of sp³-hybridized carbons (Fsp3) is 0.240. The van der Waals surface area contributed by atoms with Crippen LogP contribution in [0.25, 0.3) is 5.76 Å². The van der Waals surface area contributed by atoms with E-state index in [-0.39, 0.29) is 24.0 Å². The van der Waals surface area contributed by atoms with Crippen LogP contribution in [0.2, 0.25) is 0 Å². The normalized spacial score (nSPS) is 21.6. The van der Waals surface area contributed by atoms with Crippen molar-refractivity contribution in [1.82, 2.24) is 9.88 Å². The number of aliphatic hydroxyl groups is 1. The minimum absolute atomic E-state index is 0.0188. The molecule has 0 unspecified atom stereocenters. The molecule has 0 radical (unpaired) electrons. The molecule has 2 aliphatic rings. The number of rotatable bonds is 4. The molecular weight excluding hydrogens is 408 g/mol. The first-order valence-electron chi connectivity index (χ1n) is 10.5. The highest BCUT2D eigenvalue weighted by molar-refractivity contribution is 6.46. The number of ketones is 1. The third-order valence-electron chi connectivity index (χ3n) is 5.84. The number of likely N-dealkylation sites (tertiary alicyclic amines) is 1. The number of pyridine rings is 1. The molecule has 1 aromatic carbocycles. The van der Waals surface area contributed by atoms with Crippen LogP contribution in [0.5, 0.6) is 5.75 Å². The number of hydrogen-bond acceptors (Lipinski definition) is 6. The fourth-order valence-electron chi connectivity index (χ4n) is 4.35. The van der Waals surface area contributed by atoms with Gasteiger partial charge < -0.3 is 19.2 Å². The zero-order chi connectivity index (χ0) is 22.4. The Balaban J connectivity index is 1.62. The lowest BCUT2D eigenvalue weighted by atomic mass is 9.97. The highest BCUT2D eigenvalue weighted by Gasteiger charge is 2.47. The summed E-state index contributed by atoms with van der Waals surface area (Å²) in [6.07, 6.45) is 4.03. The van der Waals surface area contributed by atoms with Crippen molar-refractivity contribution in [2.24, 2.45) is 0 Å².